The summed E-state index contributed by atoms with van der Waals surface area (Å²) in [7, 11) is 0. The van der Waals surface area contributed by atoms with Crippen molar-refractivity contribution in [1.82, 2.24) is 0 Å². The highest BCUT2D eigenvalue weighted by Crippen LogP contribution is 1.99. The van der Waals surface area contributed by atoms with E-state index in [4.69, 9.17) is 4.74 Å². The molecular weight excluding hydrogens is 196 g/mol. The Hall–Kier alpha value is -1.06. The monoisotopic (exact) mass is 216 g/mol. The SMILES string of the molecule is CCCCCCOC(=O)C(=O)OCCC. The Balaban J connectivity index is 3.43. The van der Waals surface area contributed by atoms with Crippen LogP contribution in [0.2, 0.25) is 0 Å². The van der Waals surface area contributed by atoms with Gasteiger partial charge in [0.05, 0.1) is 13.2 Å². The van der Waals surface area contributed by atoms with Gasteiger partial charge in [-0.05, 0) is 12.8 Å². The van der Waals surface area contributed by atoms with Gasteiger partial charge in [-0.2, -0.15) is 0 Å². The van der Waals surface area contributed by atoms with E-state index in [9.17, 15) is 9.59 Å². The van der Waals surface area contributed by atoms with Crippen molar-refractivity contribution in [3.63, 3.8) is 0 Å². The van der Waals surface area contributed by atoms with Gasteiger partial charge in [-0.1, -0.05) is 33.1 Å². The van der Waals surface area contributed by atoms with Crippen molar-refractivity contribution in [1.29, 1.82) is 0 Å². The molecule has 88 valence electrons. The molecule has 0 N–H and O–H groups in total. The highest BCUT2D eigenvalue weighted by atomic mass is 16.6. The number of hydrogen-bond donors (Lipinski definition) is 0. The van der Waals surface area contributed by atoms with Crippen LogP contribution < -0.4 is 0 Å². The van der Waals surface area contributed by atoms with Crippen LogP contribution in [-0.2, 0) is 19.1 Å². The summed E-state index contributed by atoms with van der Waals surface area (Å²) >= 11 is 0. The molecule has 0 heterocycles. The molecule has 0 spiro atoms. The van der Waals surface area contributed by atoms with Crippen molar-refractivity contribution in [2.24, 2.45) is 0 Å². The number of rotatable bonds is 7. The summed E-state index contributed by atoms with van der Waals surface area (Å²) in [4.78, 5) is 21.9. The number of esters is 2. The first kappa shape index (κ1) is 13.9. The Morgan fingerprint density at radius 2 is 1.40 bits per heavy atom. The van der Waals surface area contributed by atoms with Crippen molar-refractivity contribution in [3.8, 4) is 0 Å². The first-order chi connectivity index (χ1) is 7.22. The fourth-order valence-corrected chi connectivity index (χ4v) is 1.01. The minimum absolute atomic E-state index is 0.268. The Morgan fingerprint density at radius 3 is 1.93 bits per heavy atom. The normalized spacial score (nSPS) is 9.73. The summed E-state index contributed by atoms with van der Waals surface area (Å²) in [5.74, 6) is -1.76. The predicted octanol–water partition coefficient (Wildman–Crippen LogP) is 2.06. The second kappa shape index (κ2) is 9.49. The van der Waals surface area contributed by atoms with Crippen LogP contribution in [0.25, 0.3) is 0 Å². The van der Waals surface area contributed by atoms with Crippen LogP contribution in [0, 0.1) is 0 Å². The lowest BCUT2D eigenvalue weighted by molar-refractivity contribution is -0.167. The van der Waals surface area contributed by atoms with Crippen molar-refractivity contribution in [2.75, 3.05) is 13.2 Å². The lowest BCUT2D eigenvalue weighted by atomic mass is 10.2. The van der Waals surface area contributed by atoms with Gasteiger partial charge in [0.15, 0.2) is 0 Å². The van der Waals surface area contributed by atoms with Crippen LogP contribution in [0.3, 0.4) is 0 Å². The molecule has 0 aliphatic rings. The first-order valence-corrected chi connectivity index (χ1v) is 5.56. The molecule has 0 rings (SSSR count). The number of ether oxygens (including phenoxy) is 2. The van der Waals surface area contributed by atoms with Crippen LogP contribution in [0.1, 0.15) is 46.0 Å². The Kier molecular flexibility index (Phi) is 8.82. The molecule has 0 unspecified atom stereocenters. The average molecular weight is 216 g/mol. The molecule has 4 nitrogen and oxygen atoms in total. The van der Waals surface area contributed by atoms with E-state index in [1.807, 2.05) is 6.92 Å². The molecule has 0 saturated carbocycles. The summed E-state index contributed by atoms with van der Waals surface area (Å²) in [6.45, 7) is 4.54. The van der Waals surface area contributed by atoms with Crippen molar-refractivity contribution in [3.05, 3.63) is 0 Å². The molecule has 0 aliphatic heterocycles. The van der Waals surface area contributed by atoms with E-state index in [2.05, 4.69) is 11.7 Å². The molecule has 4 heteroatoms. The molecule has 0 fully saturated rings. The van der Waals surface area contributed by atoms with Crippen molar-refractivity contribution < 1.29 is 19.1 Å². The van der Waals surface area contributed by atoms with Gasteiger partial charge in [0.2, 0.25) is 0 Å². The minimum Gasteiger partial charge on any atom is -0.457 e. The second-order valence-corrected chi connectivity index (χ2v) is 3.33. The van der Waals surface area contributed by atoms with Gasteiger partial charge in [-0.15, -0.1) is 0 Å². The molecule has 0 aromatic carbocycles. The maximum absolute atomic E-state index is 11.0. The van der Waals surface area contributed by atoms with Gasteiger partial charge in [0.1, 0.15) is 0 Å². The zero-order chi connectivity index (χ0) is 11.5. The quantitative estimate of drug-likeness (QED) is 0.371. The molecule has 0 radical (unpaired) electrons. The summed E-state index contributed by atoms with van der Waals surface area (Å²) < 4.78 is 9.35. The second-order valence-electron chi connectivity index (χ2n) is 3.33. The molecular formula is C11H20O4. The third-order valence-corrected chi connectivity index (χ3v) is 1.83. The van der Waals surface area contributed by atoms with Crippen LogP contribution >= 0.6 is 0 Å². The van der Waals surface area contributed by atoms with E-state index in [1.54, 1.807) is 0 Å². The standard InChI is InChI=1S/C11H20O4/c1-3-5-6-7-9-15-11(13)10(12)14-8-4-2/h3-9H2,1-2H3. The topological polar surface area (TPSA) is 52.6 Å². The number of unbranched alkanes of at least 4 members (excludes halogenated alkanes) is 3. The van der Waals surface area contributed by atoms with Gasteiger partial charge >= 0.3 is 11.9 Å². The van der Waals surface area contributed by atoms with Crippen LogP contribution in [-0.4, -0.2) is 25.2 Å². The first-order valence-electron chi connectivity index (χ1n) is 5.56. The maximum Gasteiger partial charge on any atom is 0.417 e. The van der Waals surface area contributed by atoms with E-state index >= 15 is 0 Å². The average Bonchev–Trinajstić information content (AvgIpc) is 2.25. The van der Waals surface area contributed by atoms with Crippen LogP contribution in [0.5, 0.6) is 0 Å². The fraction of sp³-hybridized carbons (Fsp3) is 0.818. The van der Waals surface area contributed by atoms with Crippen molar-refractivity contribution >= 4 is 11.9 Å². The van der Waals surface area contributed by atoms with E-state index in [-0.39, 0.29) is 6.61 Å². The van der Waals surface area contributed by atoms with Gasteiger partial charge in [-0.3, -0.25) is 0 Å². The third-order valence-electron chi connectivity index (χ3n) is 1.83. The van der Waals surface area contributed by atoms with Gasteiger partial charge in [0.25, 0.3) is 0 Å². The Morgan fingerprint density at radius 1 is 0.800 bits per heavy atom. The number of carbonyl (C=O) groups is 2. The summed E-state index contributed by atoms with van der Waals surface area (Å²) in [6.07, 6.45) is 4.79. The lowest BCUT2D eigenvalue weighted by Crippen LogP contribution is -2.21. The van der Waals surface area contributed by atoms with E-state index in [0.717, 1.165) is 25.7 Å². The van der Waals surface area contributed by atoms with Gasteiger partial charge < -0.3 is 9.47 Å². The fourth-order valence-electron chi connectivity index (χ4n) is 1.01. The zero-order valence-corrected chi connectivity index (χ0v) is 9.58. The predicted molar refractivity (Wildman–Crippen MR) is 56.4 cm³/mol. The summed E-state index contributed by atoms with van der Waals surface area (Å²) in [5, 5.41) is 0. The maximum atomic E-state index is 11.0. The Labute approximate surface area is 90.9 Å². The van der Waals surface area contributed by atoms with Crippen LogP contribution in [0.15, 0.2) is 0 Å². The minimum atomic E-state index is -0.882. The number of carbonyl (C=O) groups excluding carboxylic acids is 2. The lowest BCUT2D eigenvalue weighted by Gasteiger charge is -2.04. The molecule has 15 heavy (non-hydrogen) atoms. The molecule has 0 saturated heterocycles. The van der Waals surface area contributed by atoms with Crippen LogP contribution in [0.4, 0.5) is 0 Å². The summed E-state index contributed by atoms with van der Waals surface area (Å²) in [5.41, 5.74) is 0. The molecule has 0 aromatic rings. The van der Waals surface area contributed by atoms with Crippen molar-refractivity contribution in [2.45, 2.75) is 46.0 Å². The Bertz CT molecular complexity index is 189. The largest absolute Gasteiger partial charge is 0.457 e. The zero-order valence-electron chi connectivity index (χ0n) is 9.58. The summed E-state index contributed by atoms with van der Waals surface area (Å²) in [6, 6.07) is 0. The molecule has 0 atom stereocenters. The smallest absolute Gasteiger partial charge is 0.417 e. The van der Waals surface area contributed by atoms with E-state index in [1.165, 1.54) is 0 Å². The molecule has 0 bridgehead atoms. The highest BCUT2D eigenvalue weighted by molar-refractivity contribution is 6.29. The third kappa shape index (κ3) is 7.97. The number of hydrogen-bond acceptors (Lipinski definition) is 4. The van der Waals surface area contributed by atoms with E-state index in [0.29, 0.717) is 13.0 Å². The molecule has 0 amide bonds. The molecule has 0 aromatic heterocycles. The van der Waals surface area contributed by atoms with E-state index < -0.39 is 11.9 Å². The highest BCUT2D eigenvalue weighted by Gasteiger charge is 2.16. The van der Waals surface area contributed by atoms with Gasteiger partial charge in [0, 0.05) is 0 Å². The molecule has 0 aliphatic carbocycles. The van der Waals surface area contributed by atoms with Gasteiger partial charge in [-0.25, -0.2) is 9.59 Å².